The Bertz CT molecular complexity index is 220. The first kappa shape index (κ1) is 16.9. The highest BCUT2D eigenvalue weighted by Gasteiger charge is 2.17. The molecule has 1 rings (SSSR count). The van der Waals surface area contributed by atoms with Crippen molar-refractivity contribution in [2.75, 3.05) is 52.9 Å². The van der Waals surface area contributed by atoms with E-state index in [2.05, 4.69) is 42.9 Å². The van der Waals surface area contributed by atoms with E-state index in [4.69, 9.17) is 0 Å². The molecule has 1 aliphatic heterocycles. The van der Waals surface area contributed by atoms with E-state index in [1.807, 2.05) is 0 Å². The van der Waals surface area contributed by atoms with Crippen molar-refractivity contribution in [1.29, 1.82) is 0 Å². The van der Waals surface area contributed by atoms with Gasteiger partial charge in [-0.15, -0.1) is 0 Å². The van der Waals surface area contributed by atoms with Gasteiger partial charge >= 0.3 is 0 Å². The van der Waals surface area contributed by atoms with Crippen LogP contribution in [0.2, 0.25) is 0 Å². The van der Waals surface area contributed by atoms with Crippen molar-refractivity contribution in [3.8, 4) is 0 Å². The fourth-order valence-corrected chi connectivity index (χ4v) is 2.68. The quantitative estimate of drug-likeness (QED) is 0.649. The van der Waals surface area contributed by atoms with Crippen LogP contribution in [0.4, 0.5) is 0 Å². The maximum atomic E-state index is 3.66. The van der Waals surface area contributed by atoms with Crippen molar-refractivity contribution in [2.45, 2.75) is 46.5 Å². The molecule has 0 atom stereocenters. The summed E-state index contributed by atoms with van der Waals surface area (Å²) in [5, 5.41) is 3.66. The lowest BCUT2D eigenvalue weighted by molar-refractivity contribution is 0.153. The van der Waals surface area contributed by atoms with Gasteiger partial charge in [0.1, 0.15) is 0 Å². The third kappa shape index (κ3) is 7.91. The second-order valence-electron chi connectivity index (χ2n) is 6.94. The van der Waals surface area contributed by atoms with Gasteiger partial charge in [0.05, 0.1) is 0 Å². The molecule has 0 aromatic heterocycles. The van der Waals surface area contributed by atoms with Crippen LogP contribution in [0.3, 0.4) is 0 Å². The first-order valence-electron chi connectivity index (χ1n) is 8.15. The molecule has 19 heavy (non-hydrogen) atoms. The summed E-state index contributed by atoms with van der Waals surface area (Å²) in [6.45, 7) is 15.5. The number of rotatable bonds is 9. The van der Waals surface area contributed by atoms with Crippen LogP contribution in [0.1, 0.15) is 46.5 Å². The summed E-state index contributed by atoms with van der Waals surface area (Å²) in [4.78, 5) is 5.00. The molecule has 1 saturated heterocycles. The number of unbranched alkanes of at least 4 members (excludes halogenated alkanes) is 2. The molecule has 0 saturated carbocycles. The topological polar surface area (TPSA) is 18.5 Å². The Morgan fingerprint density at radius 1 is 1.05 bits per heavy atom. The highest BCUT2D eigenvalue weighted by Crippen LogP contribution is 2.22. The Labute approximate surface area is 120 Å². The highest BCUT2D eigenvalue weighted by atomic mass is 15.2. The smallest absolute Gasteiger partial charge is 0.0110 e. The zero-order valence-electron chi connectivity index (χ0n) is 13.7. The van der Waals surface area contributed by atoms with Crippen LogP contribution in [0.15, 0.2) is 0 Å². The highest BCUT2D eigenvalue weighted by molar-refractivity contribution is 4.73. The number of nitrogens with zero attached hydrogens (tertiary/aromatic N) is 2. The minimum absolute atomic E-state index is 0.456. The van der Waals surface area contributed by atoms with Crippen molar-refractivity contribution in [1.82, 2.24) is 15.1 Å². The lowest BCUT2D eigenvalue weighted by atomic mass is 9.87. The third-order valence-electron chi connectivity index (χ3n) is 4.26. The van der Waals surface area contributed by atoms with Crippen LogP contribution in [-0.4, -0.2) is 62.7 Å². The largest absolute Gasteiger partial charge is 0.315 e. The zero-order valence-corrected chi connectivity index (χ0v) is 13.7. The third-order valence-corrected chi connectivity index (χ3v) is 4.26. The molecule has 0 spiro atoms. The molecule has 0 aromatic carbocycles. The molecular formula is C16H35N3. The van der Waals surface area contributed by atoms with Gasteiger partial charge in [-0.05, 0) is 18.9 Å². The van der Waals surface area contributed by atoms with Crippen LogP contribution in [-0.2, 0) is 0 Å². The van der Waals surface area contributed by atoms with Crippen LogP contribution in [0.5, 0.6) is 0 Å². The fraction of sp³-hybridized carbons (Fsp3) is 1.00. The molecule has 114 valence electrons. The van der Waals surface area contributed by atoms with Gasteiger partial charge in [0.15, 0.2) is 0 Å². The van der Waals surface area contributed by atoms with Crippen molar-refractivity contribution in [3.05, 3.63) is 0 Å². The predicted molar refractivity (Wildman–Crippen MR) is 84.7 cm³/mol. The van der Waals surface area contributed by atoms with Gasteiger partial charge in [0.2, 0.25) is 0 Å². The Morgan fingerprint density at radius 2 is 1.74 bits per heavy atom. The van der Waals surface area contributed by atoms with Gasteiger partial charge in [-0.25, -0.2) is 0 Å². The Balaban J connectivity index is 2.03. The van der Waals surface area contributed by atoms with E-state index < -0.39 is 0 Å². The molecule has 0 aromatic rings. The van der Waals surface area contributed by atoms with Crippen LogP contribution < -0.4 is 5.32 Å². The Hall–Kier alpha value is -0.120. The molecule has 3 nitrogen and oxygen atoms in total. The van der Waals surface area contributed by atoms with Crippen LogP contribution >= 0.6 is 0 Å². The Morgan fingerprint density at radius 3 is 2.37 bits per heavy atom. The molecule has 0 amide bonds. The second-order valence-corrected chi connectivity index (χ2v) is 6.94. The van der Waals surface area contributed by atoms with Gasteiger partial charge in [-0.2, -0.15) is 0 Å². The molecule has 3 heteroatoms. The minimum atomic E-state index is 0.456. The summed E-state index contributed by atoms with van der Waals surface area (Å²) in [6, 6.07) is 0. The summed E-state index contributed by atoms with van der Waals surface area (Å²) in [5.74, 6) is 0. The summed E-state index contributed by atoms with van der Waals surface area (Å²) >= 11 is 0. The molecule has 0 unspecified atom stereocenters. The van der Waals surface area contributed by atoms with Gasteiger partial charge < -0.3 is 10.2 Å². The van der Waals surface area contributed by atoms with E-state index in [1.54, 1.807) is 0 Å². The average Bonchev–Trinajstić information content (AvgIpc) is 2.37. The summed E-state index contributed by atoms with van der Waals surface area (Å²) in [7, 11) is 2.22. The van der Waals surface area contributed by atoms with Crippen molar-refractivity contribution < 1.29 is 0 Å². The first-order valence-corrected chi connectivity index (χ1v) is 8.15. The molecule has 0 aliphatic carbocycles. The maximum absolute atomic E-state index is 3.66. The van der Waals surface area contributed by atoms with Crippen molar-refractivity contribution in [2.24, 2.45) is 5.41 Å². The number of nitrogens with one attached hydrogen (secondary N) is 1. The SMILES string of the molecule is CCCCCC(C)(C)CNCCN1CCN(C)CC1. The monoisotopic (exact) mass is 269 g/mol. The van der Waals surface area contributed by atoms with Gasteiger partial charge in [0, 0.05) is 45.8 Å². The lowest BCUT2D eigenvalue weighted by Gasteiger charge is -2.32. The van der Waals surface area contributed by atoms with E-state index in [0.717, 1.165) is 13.1 Å². The maximum Gasteiger partial charge on any atom is 0.0110 e. The number of hydrogen-bond acceptors (Lipinski definition) is 3. The van der Waals surface area contributed by atoms with Crippen molar-refractivity contribution >= 4 is 0 Å². The summed E-state index contributed by atoms with van der Waals surface area (Å²) in [5.41, 5.74) is 0.456. The second kappa shape index (κ2) is 8.93. The molecule has 1 aliphatic rings. The minimum Gasteiger partial charge on any atom is -0.315 e. The van der Waals surface area contributed by atoms with Crippen LogP contribution in [0, 0.1) is 5.41 Å². The van der Waals surface area contributed by atoms with E-state index in [-0.39, 0.29) is 0 Å². The first-order chi connectivity index (χ1) is 9.03. The van der Waals surface area contributed by atoms with E-state index >= 15 is 0 Å². The molecule has 1 N–H and O–H groups in total. The summed E-state index contributed by atoms with van der Waals surface area (Å²) < 4.78 is 0. The van der Waals surface area contributed by atoms with E-state index in [0.29, 0.717) is 5.41 Å². The normalized spacial score (nSPS) is 18.9. The van der Waals surface area contributed by atoms with Gasteiger partial charge in [-0.3, -0.25) is 4.90 Å². The summed E-state index contributed by atoms with van der Waals surface area (Å²) in [6.07, 6.45) is 5.43. The number of piperazine rings is 1. The van der Waals surface area contributed by atoms with Crippen LogP contribution in [0.25, 0.3) is 0 Å². The van der Waals surface area contributed by atoms with Crippen molar-refractivity contribution in [3.63, 3.8) is 0 Å². The van der Waals surface area contributed by atoms with Gasteiger partial charge in [-0.1, -0.05) is 40.0 Å². The number of likely N-dealkylation sites (N-methyl/N-ethyl adjacent to an activating group) is 1. The standard InChI is InChI=1S/C16H35N3/c1-5-6-7-8-16(2,3)15-17-9-10-19-13-11-18(4)12-14-19/h17H,5-15H2,1-4H3. The lowest BCUT2D eigenvalue weighted by Crippen LogP contribution is -2.47. The average molecular weight is 269 g/mol. The fourth-order valence-electron chi connectivity index (χ4n) is 2.68. The number of hydrogen-bond donors (Lipinski definition) is 1. The molecule has 0 radical (unpaired) electrons. The van der Waals surface area contributed by atoms with E-state index in [1.165, 1.54) is 58.4 Å². The molecule has 1 heterocycles. The van der Waals surface area contributed by atoms with E-state index in [9.17, 15) is 0 Å². The zero-order chi connectivity index (χ0) is 14.1. The molecule has 0 bridgehead atoms. The Kier molecular flexibility index (Phi) is 7.96. The predicted octanol–water partition coefficient (Wildman–Crippen LogP) is 2.43. The molecular weight excluding hydrogens is 234 g/mol. The van der Waals surface area contributed by atoms with Gasteiger partial charge in [0.25, 0.3) is 0 Å². The molecule has 1 fully saturated rings.